The van der Waals surface area contributed by atoms with E-state index in [-0.39, 0.29) is 0 Å². The molecule has 17 heavy (non-hydrogen) atoms. The lowest BCUT2D eigenvalue weighted by atomic mass is 10.2. The molecule has 4 nitrogen and oxygen atoms in total. The van der Waals surface area contributed by atoms with Crippen molar-refractivity contribution < 1.29 is 0 Å². The van der Waals surface area contributed by atoms with Crippen LogP contribution in [0.4, 0.5) is 11.5 Å². The molecule has 0 fully saturated rings. The highest BCUT2D eigenvalue weighted by Gasteiger charge is 2.12. The number of aromatic nitrogens is 2. The first-order valence-electron chi connectivity index (χ1n) is 5.70. The Morgan fingerprint density at radius 3 is 2.59 bits per heavy atom. The molecular weight excluding hydrogens is 212 g/mol. The van der Waals surface area contributed by atoms with Gasteiger partial charge in [0.25, 0.3) is 0 Å². The number of rotatable bonds is 4. The van der Waals surface area contributed by atoms with Crippen LogP contribution in [-0.4, -0.2) is 16.7 Å². The van der Waals surface area contributed by atoms with Crippen LogP contribution < -0.4 is 10.6 Å². The summed E-state index contributed by atoms with van der Waals surface area (Å²) in [5.74, 6) is 0.837. The van der Waals surface area contributed by atoms with E-state index in [1.807, 2.05) is 24.3 Å². The van der Waals surface area contributed by atoms with Crippen LogP contribution in [0.15, 0.2) is 42.6 Å². The molecule has 1 aromatic heterocycles. The quantitative estimate of drug-likeness (QED) is 0.870. The van der Waals surface area contributed by atoms with Gasteiger partial charge >= 0.3 is 0 Å². The highest BCUT2D eigenvalue weighted by atomic mass is 15.3. The number of nitrogens with zero attached hydrogens (tertiary/aromatic N) is 3. The first-order chi connectivity index (χ1) is 8.36. The van der Waals surface area contributed by atoms with Crippen LogP contribution in [0, 0.1) is 0 Å². The van der Waals surface area contributed by atoms with Gasteiger partial charge in [0.1, 0.15) is 0 Å². The third-order valence-electron chi connectivity index (χ3n) is 2.64. The zero-order chi connectivity index (χ0) is 12.1. The SMILES string of the molecule is CCN(c1ccccc1)c1nnccc1CN. The molecule has 0 radical (unpaired) electrons. The Hall–Kier alpha value is -1.94. The first kappa shape index (κ1) is 11.5. The maximum absolute atomic E-state index is 5.73. The normalized spacial score (nSPS) is 10.2. The average Bonchev–Trinajstić information content (AvgIpc) is 2.41. The smallest absolute Gasteiger partial charge is 0.160 e. The Morgan fingerprint density at radius 1 is 1.18 bits per heavy atom. The van der Waals surface area contributed by atoms with E-state index >= 15 is 0 Å². The minimum Gasteiger partial charge on any atom is -0.326 e. The molecule has 0 aliphatic heterocycles. The first-order valence-corrected chi connectivity index (χ1v) is 5.70. The van der Waals surface area contributed by atoms with Crippen LogP contribution in [0.5, 0.6) is 0 Å². The van der Waals surface area contributed by atoms with Gasteiger partial charge in [-0.15, -0.1) is 5.10 Å². The molecule has 88 valence electrons. The van der Waals surface area contributed by atoms with Crippen molar-refractivity contribution >= 4 is 11.5 Å². The number of nitrogens with two attached hydrogens (primary N) is 1. The van der Waals surface area contributed by atoms with Crippen LogP contribution in [0.1, 0.15) is 12.5 Å². The van der Waals surface area contributed by atoms with Crippen molar-refractivity contribution in [3.63, 3.8) is 0 Å². The highest BCUT2D eigenvalue weighted by Crippen LogP contribution is 2.24. The second kappa shape index (κ2) is 5.41. The largest absolute Gasteiger partial charge is 0.326 e. The van der Waals surface area contributed by atoms with Gasteiger partial charge in [0.05, 0.1) is 6.20 Å². The van der Waals surface area contributed by atoms with Crippen LogP contribution in [-0.2, 0) is 6.54 Å². The lowest BCUT2D eigenvalue weighted by Crippen LogP contribution is -2.20. The molecule has 2 N–H and O–H groups in total. The summed E-state index contributed by atoms with van der Waals surface area (Å²) in [5.41, 5.74) is 7.83. The summed E-state index contributed by atoms with van der Waals surface area (Å²) in [5, 5.41) is 8.13. The third kappa shape index (κ3) is 2.42. The van der Waals surface area contributed by atoms with Gasteiger partial charge in [-0.1, -0.05) is 18.2 Å². The van der Waals surface area contributed by atoms with Crippen molar-refractivity contribution in [3.8, 4) is 0 Å². The van der Waals surface area contributed by atoms with Gasteiger partial charge in [-0.3, -0.25) is 0 Å². The van der Waals surface area contributed by atoms with Crippen molar-refractivity contribution in [2.75, 3.05) is 11.4 Å². The van der Waals surface area contributed by atoms with Gasteiger partial charge in [0, 0.05) is 24.3 Å². The van der Waals surface area contributed by atoms with E-state index < -0.39 is 0 Å². The molecule has 0 amide bonds. The predicted molar refractivity (Wildman–Crippen MR) is 69.0 cm³/mol. The number of hydrogen-bond donors (Lipinski definition) is 1. The summed E-state index contributed by atoms with van der Waals surface area (Å²) in [4.78, 5) is 2.11. The van der Waals surface area contributed by atoms with Crippen LogP contribution >= 0.6 is 0 Å². The molecule has 0 saturated carbocycles. The minimum atomic E-state index is 0.466. The topological polar surface area (TPSA) is 55.0 Å². The van der Waals surface area contributed by atoms with Gasteiger partial charge in [0.15, 0.2) is 5.82 Å². The summed E-state index contributed by atoms with van der Waals surface area (Å²) >= 11 is 0. The molecular formula is C13H16N4. The van der Waals surface area contributed by atoms with Gasteiger partial charge < -0.3 is 10.6 Å². The Morgan fingerprint density at radius 2 is 1.94 bits per heavy atom. The molecule has 2 rings (SSSR count). The highest BCUT2D eigenvalue weighted by molar-refractivity contribution is 5.62. The van der Waals surface area contributed by atoms with Crippen molar-refractivity contribution in [3.05, 3.63) is 48.2 Å². The lowest BCUT2D eigenvalue weighted by molar-refractivity contribution is 0.895. The predicted octanol–water partition coefficient (Wildman–Crippen LogP) is 2.09. The summed E-state index contributed by atoms with van der Waals surface area (Å²) in [7, 11) is 0. The second-order valence-electron chi connectivity index (χ2n) is 3.66. The van der Waals surface area contributed by atoms with E-state index in [0.29, 0.717) is 6.54 Å². The Balaban J connectivity index is 2.42. The van der Waals surface area contributed by atoms with E-state index in [1.165, 1.54) is 0 Å². The molecule has 4 heteroatoms. The molecule has 2 aromatic rings. The summed E-state index contributed by atoms with van der Waals surface area (Å²) in [6, 6.07) is 12.0. The molecule has 0 saturated heterocycles. The van der Waals surface area contributed by atoms with Crippen LogP contribution in [0.2, 0.25) is 0 Å². The maximum atomic E-state index is 5.73. The Labute approximate surface area is 101 Å². The summed E-state index contributed by atoms with van der Waals surface area (Å²) in [6.45, 7) is 3.38. The van der Waals surface area contributed by atoms with E-state index in [4.69, 9.17) is 5.73 Å². The fourth-order valence-electron chi connectivity index (χ4n) is 1.80. The number of benzene rings is 1. The monoisotopic (exact) mass is 228 g/mol. The molecule has 0 unspecified atom stereocenters. The lowest BCUT2D eigenvalue weighted by Gasteiger charge is -2.23. The summed E-state index contributed by atoms with van der Waals surface area (Å²) < 4.78 is 0. The van der Waals surface area contributed by atoms with Crippen molar-refractivity contribution in [2.24, 2.45) is 5.73 Å². The zero-order valence-corrected chi connectivity index (χ0v) is 9.87. The Kier molecular flexibility index (Phi) is 3.67. The van der Waals surface area contributed by atoms with E-state index in [9.17, 15) is 0 Å². The second-order valence-corrected chi connectivity index (χ2v) is 3.66. The van der Waals surface area contributed by atoms with Gasteiger partial charge in [-0.25, -0.2) is 0 Å². The summed E-state index contributed by atoms with van der Waals surface area (Å²) in [6.07, 6.45) is 1.67. The van der Waals surface area contributed by atoms with Crippen LogP contribution in [0.25, 0.3) is 0 Å². The molecule has 0 aliphatic rings. The number of hydrogen-bond acceptors (Lipinski definition) is 4. The molecule has 0 aliphatic carbocycles. The third-order valence-corrected chi connectivity index (χ3v) is 2.64. The van der Waals surface area contributed by atoms with Gasteiger partial charge in [0.2, 0.25) is 0 Å². The standard InChI is InChI=1S/C13H16N4/c1-2-17(12-6-4-3-5-7-12)13-11(10-14)8-9-15-16-13/h3-9H,2,10,14H2,1H3. The zero-order valence-electron chi connectivity index (χ0n) is 9.87. The van der Waals surface area contributed by atoms with Crippen molar-refractivity contribution in [1.29, 1.82) is 0 Å². The fourth-order valence-corrected chi connectivity index (χ4v) is 1.80. The van der Waals surface area contributed by atoms with E-state index in [2.05, 4.69) is 34.2 Å². The van der Waals surface area contributed by atoms with Crippen molar-refractivity contribution in [2.45, 2.75) is 13.5 Å². The van der Waals surface area contributed by atoms with Crippen molar-refractivity contribution in [1.82, 2.24) is 10.2 Å². The molecule has 0 atom stereocenters. The molecule has 1 heterocycles. The molecule has 0 spiro atoms. The minimum absolute atomic E-state index is 0.466. The van der Waals surface area contributed by atoms with E-state index in [1.54, 1.807) is 6.20 Å². The van der Waals surface area contributed by atoms with Gasteiger partial charge in [-0.2, -0.15) is 5.10 Å². The fraction of sp³-hybridized carbons (Fsp3) is 0.231. The maximum Gasteiger partial charge on any atom is 0.160 e. The number of para-hydroxylation sites is 1. The van der Waals surface area contributed by atoms with Gasteiger partial charge in [-0.05, 0) is 25.1 Å². The number of anilines is 2. The Bertz CT molecular complexity index is 470. The van der Waals surface area contributed by atoms with Crippen LogP contribution in [0.3, 0.4) is 0 Å². The molecule has 1 aromatic carbocycles. The molecule has 0 bridgehead atoms. The average molecular weight is 228 g/mol. The van der Waals surface area contributed by atoms with E-state index in [0.717, 1.165) is 23.6 Å².